The summed E-state index contributed by atoms with van der Waals surface area (Å²) in [5.41, 5.74) is 5.25. The molecule has 0 saturated heterocycles. The van der Waals surface area contributed by atoms with Crippen LogP contribution in [0.15, 0.2) is 77.9 Å². The van der Waals surface area contributed by atoms with Crippen molar-refractivity contribution in [3.8, 4) is 11.1 Å². The molecule has 3 aromatic rings. The summed E-state index contributed by atoms with van der Waals surface area (Å²) in [6, 6.07) is 22.3. The zero-order valence-electron chi connectivity index (χ0n) is 13.3. The fraction of sp³-hybridized carbons (Fsp3) is 0.100. The predicted molar refractivity (Wildman–Crippen MR) is 97.7 cm³/mol. The van der Waals surface area contributed by atoms with Gasteiger partial charge in [0.05, 0.1) is 17.6 Å². The van der Waals surface area contributed by atoms with Gasteiger partial charge in [-0.3, -0.25) is 9.98 Å². The van der Waals surface area contributed by atoms with Crippen molar-refractivity contribution in [2.45, 2.75) is 0 Å². The van der Waals surface area contributed by atoms with Gasteiger partial charge in [-0.1, -0.05) is 42.5 Å². The van der Waals surface area contributed by atoms with E-state index in [0.29, 0.717) is 0 Å². The molecule has 1 aromatic heterocycles. The van der Waals surface area contributed by atoms with E-state index in [4.69, 9.17) is 0 Å². The van der Waals surface area contributed by atoms with E-state index in [2.05, 4.69) is 59.3 Å². The van der Waals surface area contributed by atoms with Gasteiger partial charge >= 0.3 is 0 Å². The second kappa shape index (κ2) is 6.88. The van der Waals surface area contributed by atoms with E-state index in [9.17, 15) is 0 Å². The molecule has 0 N–H and O–H groups in total. The van der Waals surface area contributed by atoms with Crippen LogP contribution in [0.4, 0.5) is 11.4 Å². The molecule has 1 heterocycles. The highest BCUT2D eigenvalue weighted by Gasteiger charge is 2.09. The topological polar surface area (TPSA) is 28.5 Å². The Hall–Kier alpha value is -2.94. The first-order valence-corrected chi connectivity index (χ1v) is 7.56. The van der Waals surface area contributed by atoms with Crippen LogP contribution in [0.2, 0.25) is 0 Å². The lowest BCUT2D eigenvalue weighted by Crippen LogP contribution is -2.09. The molecular weight excluding hydrogens is 282 g/mol. The third-order valence-electron chi connectivity index (χ3n) is 3.60. The lowest BCUT2D eigenvalue weighted by Gasteiger charge is -2.18. The van der Waals surface area contributed by atoms with E-state index in [0.717, 1.165) is 16.9 Å². The Bertz CT molecular complexity index is 808. The van der Waals surface area contributed by atoms with Crippen molar-refractivity contribution in [3.05, 3.63) is 78.6 Å². The second-order valence-corrected chi connectivity index (χ2v) is 5.44. The number of aliphatic imine (C=N–C) groups is 1. The maximum Gasteiger partial charge on any atom is 0.0812 e. The van der Waals surface area contributed by atoms with E-state index in [1.807, 2.05) is 36.4 Å². The molecule has 0 atom stereocenters. The number of hydrogen-bond acceptors (Lipinski definition) is 3. The third kappa shape index (κ3) is 3.46. The summed E-state index contributed by atoms with van der Waals surface area (Å²) in [6.07, 6.45) is 3.58. The summed E-state index contributed by atoms with van der Waals surface area (Å²) in [5.74, 6) is 0. The summed E-state index contributed by atoms with van der Waals surface area (Å²) in [6.45, 7) is 0. The van der Waals surface area contributed by atoms with Crippen LogP contribution in [0.25, 0.3) is 11.1 Å². The van der Waals surface area contributed by atoms with E-state index >= 15 is 0 Å². The van der Waals surface area contributed by atoms with Gasteiger partial charge in [0, 0.05) is 37.1 Å². The minimum absolute atomic E-state index is 0.850. The summed E-state index contributed by atoms with van der Waals surface area (Å²) in [7, 11) is 4.11. The molecule has 3 nitrogen and oxygen atoms in total. The number of anilines is 1. The Morgan fingerprint density at radius 1 is 0.826 bits per heavy atom. The van der Waals surface area contributed by atoms with Gasteiger partial charge in [-0.2, -0.15) is 0 Å². The average Bonchev–Trinajstić information content (AvgIpc) is 2.61. The van der Waals surface area contributed by atoms with Gasteiger partial charge in [0.15, 0.2) is 0 Å². The van der Waals surface area contributed by atoms with Crippen LogP contribution in [-0.4, -0.2) is 25.3 Å². The lowest BCUT2D eigenvalue weighted by atomic mass is 10.0. The zero-order valence-corrected chi connectivity index (χ0v) is 13.3. The number of benzene rings is 2. The number of nitrogens with zero attached hydrogens (tertiary/aromatic N) is 3. The quantitative estimate of drug-likeness (QED) is 0.661. The Morgan fingerprint density at radius 3 is 2.26 bits per heavy atom. The molecule has 0 saturated carbocycles. The zero-order chi connectivity index (χ0) is 16.1. The lowest BCUT2D eigenvalue weighted by molar-refractivity contribution is 1.13. The molecule has 0 bridgehead atoms. The van der Waals surface area contributed by atoms with Crippen LogP contribution in [0, 0.1) is 0 Å². The fourth-order valence-electron chi connectivity index (χ4n) is 2.49. The van der Waals surface area contributed by atoms with Crippen LogP contribution in [0.1, 0.15) is 5.69 Å². The smallest absolute Gasteiger partial charge is 0.0812 e. The van der Waals surface area contributed by atoms with Crippen molar-refractivity contribution in [2.75, 3.05) is 19.0 Å². The Morgan fingerprint density at radius 2 is 1.52 bits per heavy atom. The van der Waals surface area contributed by atoms with Crippen LogP contribution in [0.3, 0.4) is 0 Å². The van der Waals surface area contributed by atoms with E-state index < -0.39 is 0 Å². The Balaban J connectivity index is 2.04. The number of para-hydroxylation sites is 2. The highest BCUT2D eigenvalue weighted by molar-refractivity contribution is 5.88. The molecule has 2 aromatic carbocycles. The minimum atomic E-state index is 0.850. The summed E-state index contributed by atoms with van der Waals surface area (Å²) >= 11 is 0. The normalized spacial score (nSPS) is 10.9. The van der Waals surface area contributed by atoms with Gasteiger partial charge in [-0.05, 0) is 24.3 Å². The van der Waals surface area contributed by atoms with Crippen LogP contribution < -0.4 is 4.90 Å². The van der Waals surface area contributed by atoms with Gasteiger partial charge in [-0.15, -0.1) is 0 Å². The van der Waals surface area contributed by atoms with Gasteiger partial charge in [0.25, 0.3) is 0 Å². The highest BCUT2D eigenvalue weighted by atomic mass is 15.1. The maximum absolute atomic E-state index is 4.65. The molecule has 0 spiro atoms. The Kier molecular flexibility index (Phi) is 4.48. The molecule has 23 heavy (non-hydrogen) atoms. The van der Waals surface area contributed by atoms with E-state index in [1.165, 1.54) is 11.3 Å². The first-order chi connectivity index (χ1) is 11.3. The third-order valence-corrected chi connectivity index (χ3v) is 3.60. The minimum Gasteiger partial charge on any atom is -0.377 e. The van der Waals surface area contributed by atoms with Gasteiger partial charge in [-0.25, -0.2) is 0 Å². The van der Waals surface area contributed by atoms with Crippen molar-refractivity contribution >= 4 is 17.6 Å². The first-order valence-electron chi connectivity index (χ1n) is 7.56. The molecule has 0 fully saturated rings. The fourth-order valence-corrected chi connectivity index (χ4v) is 2.49. The SMILES string of the molecule is CN(C)c1ccccc1-c1ccccc1N=Cc1ccccn1. The molecule has 3 rings (SSSR count). The Labute approximate surface area is 137 Å². The molecule has 0 radical (unpaired) electrons. The molecule has 0 unspecified atom stereocenters. The number of hydrogen-bond donors (Lipinski definition) is 0. The summed E-state index contributed by atoms with van der Waals surface area (Å²) < 4.78 is 0. The highest BCUT2D eigenvalue weighted by Crippen LogP contribution is 2.35. The second-order valence-electron chi connectivity index (χ2n) is 5.44. The van der Waals surface area contributed by atoms with Crippen LogP contribution in [-0.2, 0) is 0 Å². The predicted octanol–water partition coefficient (Wildman–Crippen LogP) is 4.57. The summed E-state index contributed by atoms with van der Waals surface area (Å²) in [5, 5.41) is 0. The summed E-state index contributed by atoms with van der Waals surface area (Å²) in [4.78, 5) is 11.1. The van der Waals surface area contributed by atoms with Crippen LogP contribution >= 0.6 is 0 Å². The molecule has 0 aliphatic heterocycles. The monoisotopic (exact) mass is 301 g/mol. The number of aromatic nitrogens is 1. The van der Waals surface area contributed by atoms with Crippen molar-refractivity contribution < 1.29 is 0 Å². The average molecular weight is 301 g/mol. The number of rotatable bonds is 4. The molecular formula is C20H19N3. The van der Waals surface area contributed by atoms with E-state index in [-0.39, 0.29) is 0 Å². The molecule has 0 aliphatic carbocycles. The standard InChI is InChI=1S/C20H19N3/c1-23(2)20-13-6-4-11-18(20)17-10-3-5-12-19(17)22-15-16-9-7-8-14-21-16/h3-15H,1-2H3. The number of pyridine rings is 1. The van der Waals surface area contributed by atoms with Crippen molar-refractivity contribution in [3.63, 3.8) is 0 Å². The van der Waals surface area contributed by atoms with Gasteiger partial charge in [0.1, 0.15) is 0 Å². The molecule has 3 heteroatoms. The first kappa shape index (κ1) is 15.0. The van der Waals surface area contributed by atoms with Gasteiger partial charge < -0.3 is 4.90 Å². The van der Waals surface area contributed by atoms with Crippen molar-refractivity contribution in [1.82, 2.24) is 4.98 Å². The van der Waals surface area contributed by atoms with Crippen molar-refractivity contribution in [2.24, 2.45) is 4.99 Å². The van der Waals surface area contributed by atoms with Gasteiger partial charge in [0.2, 0.25) is 0 Å². The van der Waals surface area contributed by atoms with E-state index in [1.54, 1.807) is 12.4 Å². The van der Waals surface area contributed by atoms with Crippen molar-refractivity contribution in [1.29, 1.82) is 0 Å². The maximum atomic E-state index is 4.65. The largest absolute Gasteiger partial charge is 0.377 e. The molecule has 0 aliphatic rings. The van der Waals surface area contributed by atoms with Crippen LogP contribution in [0.5, 0.6) is 0 Å². The molecule has 0 amide bonds. The molecule has 114 valence electrons.